The van der Waals surface area contributed by atoms with Crippen LogP contribution in [0.15, 0.2) is 23.0 Å². The van der Waals surface area contributed by atoms with Gasteiger partial charge >= 0.3 is 5.56 Å². The van der Waals surface area contributed by atoms with Crippen molar-refractivity contribution < 1.29 is 0 Å². The Kier molecular flexibility index (Phi) is 2.89. The highest BCUT2D eigenvalue weighted by molar-refractivity contribution is 5.61. The maximum Gasteiger partial charge on any atom is 0.301 e. The second kappa shape index (κ2) is 4.80. The summed E-state index contributed by atoms with van der Waals surface area (Å²) in [5, 5.41) is 11.9. The number of nitrogens with one attached hydrogen (secondary N) is 1. The Labute approximate surface area is 128 Å². The van der Waals surface area contributed by atoms with E-state index in [2.05, 4.69) is 22.2 Å². The van der Waals surface area contributed by atoms with Crippen molar-refractivity contribution in [1.82, 2.24) is 20.0 Å². The summed E-state index contributed by atoms with van der Waals surface area (Å²) >= 11 is 0. The molecule has 0 aromatic heterocycles. The molecule has 0 saturated carbocycles. The van der Waals surface area contributed by atoms with Gasteiger partial charge in [-0.15, -0.1) is 0 Å². The molecule has 0 spiro atoms. The van der Waals surface area contributed by atoms with Gasteiger partial charge in [-0.05, 0) is 62.8 Å². The van der Waals surface area contributed by atoms with Gasteiger partial charge in [-0.3, -0.25) is 9.89 Å². The topological polar surface area (TPSA) is 63.6 Å². The van der Waals surface area contributed by atoms with Crippen molar-refractivity contribution in [2.45, 2.75) is 39.5 Å². The smallest absolute Gasteiger partial charge is 0.281 e. The van der Waals surface area contributed by atoms with E-state index < -0.39 is 0 Å². The quantitative estimate of drug-likeness (QED) is 0.750. The predicted molar refractivity (Wildman–Crippen MR) is 84.7 cm³/mol. The average Bonchev–Trinajstić information content (AvgIpc) is 2.88. The molecule has 4 rings (SSSR count). The van der Waals surface area contributed by atoms with Crippen molar-refractivity contribution in [1.29, 1.82) is 0 Å². The SMILES string of the molecule is Cc1ccc(-n2nc3c4c([nH]nc-3c2=O)CCCC4)cc1C. The normalized spacial score (nSPS) is 14.3. The lowest BCUT2D eigenvalue weighted by molar-refractivity contribution is 0.653. The second-order valence-corrected chi connectivity index (χ2v) is 6.07. The first-order chi connectivity index (χ1) is 10.6. The molecule has 1 aromatic rings. The summed E-state index contributed by atoms with van der Waals surface area (Å²) in [4.78, 5) is 12.6. The van der Waals surface area contributed by atoms with Gasteiger partial charge < -0.3 is 0 Å². The number of hydrogen-bond donors (Lipinski definition) is 1. The van der Waals surface area contributed by atoms with Gasteiger partial charge in [-0.1, -0.05) is 6.07 Å². The van der Waals surface area contributed by atoms with Gasteiger partial charge in [0.05, 0.1) is 5.69 Å². The van der Waals surface area contributed by atoms with Crippen molar-refractivity contribution in [3.05, 3.63) is 50.9 Å². The van der Waals surface area contributed by atoms with E-state index in [1.807, 2.05) is 25.1 Å². The molecule has 2 heterocycles. The largest absolute Gasteiger partial charge is 0.301 e. The minimum Gasteiger partial charge on any atom is -0.281 e. The van der Waals surface area contributed by atoms with E-state index >= 15 is 0 Å². The molecule has 5 nitrogen and oxygen atoms in total. The van der Waals surface area contributed by atoms with Crippen LogP contribution in [0.5, 0.6) is 0 Å². The van der Waals surface area contributed by atoms with Gasteiger partial charge in [0.1, 0.15) is 5.69 Å². The molecule has 1 aliphatic carbocycles. The summed E-state index contributed by atoms with van der Waals surface area (Å²) in [6.07, 6.45) is 4.26. The zero-order valence-corrected chi connectivity index (χ0v) is 12.8. The summed E-state index contributed by atoms with van der Waals surface area (Å²) in [5.41, 5.74) is 6.50. The lowest BCUT2D eigenvalue weighted by atomic mass is 9.94. The number of aryl methyl sites for hydroxylation is 3. The van der Waals surface area contributed by atoms with E-state index in [0.29, 0.717) is 5.69 Å². The third-order valence-corrected chi connectivity index (χ3v) is 4.61. The molecule has 0 fully saturated rings. The minimum absolute atomic E-state index is 0.150. The van der Waals surface area contributed by atoms with E-state index in [4.69, 9.17) is 0 Å². The summed E-state index contributed by atoms with van der Waals surface area (Å²) in [6.45, 7) is 4.10. The molecule has 22 heavy (non-hydrogen) atoms. The highest BCUT2D eigenvalue weighted by Gasteiger charge is 2.25. The van der Waals surface area contributed by atoms with Crippen LogP contribution in [0, 0.1) is 13.8 Å². The summed E-state index contributed by atoms with van der Waals surface area (Å²) < 4.78 is 1.48. The number of nitrogens with zero attached hydrogens (tertiary/aromatic N) is 3. The third-order valence-electron chi connectivity index (χ3n) is 4.61. The molecule has 2 aliphatic heterocycles. The number of aromatic amines is 1. The van der Waals surface area contributed by atoms with Gasteiger partial charge in [0.15, 0.2) is 5.69 Å². The molecule has 1 aromatic carbocycles. The molecular formula is C17H18N4O. The first-order valence-electron chi connectivity index (χ1n) is 7.72. The summed E-state index contributed by atoms with van der Waals surface area (Å²) in [7, 11) is 0. The summed E-state index contributed by atoms with van der Waals surface area (Å²) in [6, 6.07) is 5.95. The predicted octanol–water partition coefficient (Wildman–Crippen LogP) is 2.56. The van der Waals surface area contributed by atoms with Crippen LogP contribution >= 0.6 is 0 Å². The monoisotopic (exact) mass is 294 g/mol. The standard InChI is InChI=1S/C17H18N4O/c1-10-7-8-12(9-11(10)2)21-17(22)16-15(20-21)13-5-3-4-6-14(13)18-19-16/h7-9,18H,3-6H2,1-2H3. The van der Waals surface area contributed by atoms with Crippen LogP contribution in [0.2, 0.25) is 0 Å². The maximum atomic E-state index is 12.6. The van der Waals surface area contributed by atoms with Crippen LogP contribution in [0.1, 0.15) is 35.2 Å². The fourth-order valence-electron chi connectivity index (χ4n) is 3.14. The van der Waals surface area contributed by atoms with Gasteiger partial charge in [-0.2, -0.15) is 14.9 Å². The van der Waals surface area contributed by atoms with Crippen LogP contribution in [0.4, 0.5) is 0 Å². The van der Waals surface area contributed by atoms with E-state index in [9.17, 15) is 4.79 Å². The number of fused-ring (bicyclic) bond motifs is 3. The fraction of sp³-hybridized carbons (Fsp3) is 0.353. The molecule has 3 aliphatic rings. The Bertz CT molecular complexity index is 890. The Morgan fingerprint density at radius 3 is 2.73 bits per heavy atom. The van der Waals surface area contributed by atoms with E-state index in [-0.39, 0.29) is 5.56 Å². The van der Waals surface area contributed by atoms with Crippen LogP contribution in [-0.4, -0.2) is 20.0 Å². The second-order valence-electron chi connectivity index (χ2n) is 6.07. The molecule has 5 heteroatoms. The Morgan fingerprint density at radius 2 is 1.91 bits per heavy atom. The first-order valence-corrected chi connectivity index (χ1v) is 7.72. The van der Waals surface area contributed by atoms with Crippen molar-refractivity contribution in [3.63, 3.8) is 0 Å². The van der Waals surface area contributed by atoms with Crippen molar-refractivity contribution >= 4 is 0 Å². The Hall–Kier alpha value is -2.43. The first kappa shape index (κ1) is 13.2. The molecule has 0 saturated heterocycles. The van der Waals surface area contributed by atoms with E-state index in [0.717, 1.165) is 47.5 Å². The van der Waals surface area contributed by atoms with E-state index in [1.165, 1.54) is 16.7 Å². The highest BCUT2D eigenvalue weighted by atomic mass is 16.1. The van der Waals surface area contributed by atoms with Gasteiger partial charge in [0.2, 0.25) is 0 Å². The van der Waals surface area contributed by atoms with Crippen molar-refractivity contribution in [3.8, 4) is 17.1 Å². The molecule has 0 radical (unpaired) electrons. The molecule has 0 unspecified atom stereocenters. The number of rotatable bonds is 1. The number of benzene rings is 1. The lowest BCUT2D eigenvalue weighted by Crippen LogP contribution is -2.16. The van der Waals surface area contributed by atoms with Gasteiger partial charge in [0, 0.05) is 11.3 Å². The summed E-state index contributed by atoms with van der Waals surface area (Å²) in [5.74, 6) is 0. The van der Waals surface area contributed by atoms with Crippen LogP contribution in [0.3, 0.4) is 0 Å². The molecule has 0 bridgehead atoms. The van der Waals surface area contributed by atoms with Crippen LogP contribution in [-0.2, 0) is 12.8 Å². The molecule has 0 atom stereocenters. The lowest BCUT2D eigenvalue weighted by Gasteiger charge is -2.16. The number of H-pyrrole nitrogens is 1. The fourth-order valence-corrected chi connectivity index (χ4v) is 3.14. The molecular weight excluding hydrogens is 276 g/mol. The highest BCUT2D eigenvalue weighted by Crippen LogP contribution is 2.27. The van der Waals surface area contributed by atoms with E-state index in [1.54, 1.807) is 0 Å². The number of hydrogen-bond acceptors (Lipinski definition) is 3. The molecule has 112 valence electrons. The zero-order chi connectivity index (χ0) is 15.3. The van der Waals surface area contributed by atoms with Crippen molar-refractivity contribution in [2.75, 3.05) is 0 Å². The maximum absolute atomic E-state index is 12.6. The molecule has 1 N–H and O–H groups in total. The third kappa shape index (κ3) is 1.89. The Morgan fingerprint density at radius 1 is 1.09 bits per heavy atom. The van der Waals surface area contributed by atoms with Gasteiger partial charge in [-0.25, -0.2) is 0 Å². The molecule has 0 amide bonds. The van der Waals surface area contributed by atoms with Crippen LogP contribution < -0.4 is 5.56 Å². The zero-order valence-electron chi connectivity index (χ0n) is 12.8. The van der Waals surface area contributed by atoms with Crippen molar-refractivity contribution in [2.24, 2.45) is 0 Å². The minimum atomic E-state index is -0.150. The van der Waals surface area contributed by atoms with Gasteiger partial charge in [0.25, 0.3) is 0 Å². The number of aromatic nitrogens is 4. The Balaban J connectivity index is 1.95. The average molecular weight is 294 g/mol. The van der Waals surface area contributed by atoms with Crippen LogP contribution in [0.25, 0.3) is 17.1 Å².